The molecule has 4 aliphatic heterocycles. The predicted molar refractivity (Wildman–Crippen MR) is 277 cm³/mol. The number of hydrogen-bond donors (Lipinski definition) is 0. The fourth-order valence-corrected chi connectivity index (χ4v) is 9.62. The van der Waals surface area contributed by atoms with Crippen molar-refractivity contribution in [2.24, 2.45) is 21.8 Å². The second-order valence-corrected chi connectivity index (χ2v) is 21.2. The van der Waals surface area contributed by atoms with Gasteiger partial charge in [-0.1, -0.05) is 74.3 Å². The van der Waals surface area contributed by atoms with Gasteiger partial charge in [0.1, 0.15) is 58.0 Å². The third-order valence-corrected chi connectivity index (χ3v) is 13.5. The molecule has 2 amide bonds. The number of carbonyl (C=O) groups is 5. The number of aldehydes is 1. The first-order valence-corrected chi connectivity index (χ1v) is 25.3. The van der Waals surface area contributed by atoms with Crippen LogP contribution in [0.1, 0.15) is 80.4 Å². The van der Waals surface area contributed by atoms with Crippen LogP contribution in [0.4, 0.5) is 9.59 Å². The zero-order valence-corrected chi connectivity index (χ0v) is 45.5. The second kappa shape index (κ2) is 27.2. The first-order valence-electron chi connectivity index (χ1n) is 23.6. The van der Waals surface area contributed by atoms with E-state index in [2.05, 4.69) is 11.3 Å². The molecule has 2 fully saturated rings. The van der Waals surface area contributed by atoms with Crippen molar-refractivity contribution in [1.29, 1.82) is 0 Å². The maximum absolute atomic E-state index is 12.6. The van der Waals surface area contributed by atoms with Crippen LogP contribution >= 0.6 is 23.5 Å². The topological polar surface area (TPSA) is 200 Å². The van der Waals surface area contributed by atoms with Crippen molar-refractivity contribution in [1.82, 2.24) is 9.80 Å². The van der Waals surface area contributed by atoms with E-state index in [1.807, 2.05) is 104 Å². The van der Waals surface area contributed by atoms with E-state index in [0.29, 0.717) is 30.2 Å². The van der Waals surface area contributed by atoms with E-state index >= 15 is 0 Å². The number of ketones is 1. The molecule has 0 N–H and O–H groups in total. The van der Waals surface area contributed by atoms with Gasteiger partial charge < -0.3 is 47.4 Å². The van der Waals surface area contributed by atoms with Gasteiger partial charge in [-0.2, -0.15) is 0 Å². The average molecular weight is 1040 g/mol. The molecule has 0 aliphatic carbocycles. The quantitative estimate of drug-likeness (QED) is 0.0798. The molecule has 72 heavy (non-hydrogen) atoms. The van der Waals surface area contributed by atoms with Crippen molar-refractivity contribution < 1.29 is 66.6 Å². The van der Waals surface area contributed by atoms with Crippen molar-refractivity contribution in [2.75, 3.05) is 34.9 Å². The SMILES string of the molecule is C=CC(=O)OCC.COc1ccc(CO[C@H]2[C@H](C)[C@@H](/C=C/C(C)=O)O[C@@H]3SC(N(C)C(=O)OC(C)(C)C)=N[C@H]23)cc1.COc1ccc(CO[C@H]2[C@H](C)[C@@H](C=O)O[C@@H]3SC(N(C)C(=O)OC(C)(C)C)=N[C@H]23)cc1. The minimum absolute atomic E-state index is 0.0469. The highest BCUT2D eigenvalue weighted by atomic mass is 32.2. The number of fused-ring (bicyclic) bond motifs is 2. The van der Waals surface area contributed by atoms with Gasteiger partial charge in [0.15, 0.2) is 16.1 Å². The summed E-state index contributed by atoms with van der Waals surface area (Å²) in [5, 5.41) is 1.01. The number of esters is 1. The van der Waals surface area contributed by atoms with Gasteiger partial charge in [-0.3, -0.25) is 24.6 Å². The van der Waals surface area contributed by atoms with E-state index in [0.717, 1.165) is 35.0 Å². The van der Waals surface area contributed by atoms with Gasteiger partial charge in [0.2, 0.25) is 0 Å². The predicted octanol–water partition coefficient (Wildman–Crippen LogP) is 8.64. The summed E-state index contributed by atoms with van der Waals surface area (Å²) in [6, 6.07) is 14.7. The molecule has 0 aromatic heterocycles. The van der Waals surface area contributed by atoms with Crippen molar-refractivity contribution >= 4 is 64.1 Å². The van der Waals surface area contributed by atoms with E-state index < -0.39 is 34.9 Å². The molecule has 0 unspecified atom stereocenters. The van der Waals surface area contributed by atoms with Crippen LogP contribution in [0.3, 0.4) is 0 Å². The molecule has 6 rings (SSSR count). The van der Waals surface area contributed by atoms with Crippen LogP contribution in [0.15, 0.2) is 83.3 Å². The van der Waals surface area contributed by atoms with E-state index in [1.165, 1.54) is 46.3 Å². The lowest BCUT2D eigenvalue weighted by molar-refractivity contribution is -0.150. The second-order valence-electron chi connectivity index (χ2n) is 19.1. The van der Waals surface area contributed by atoms with Crippen LogP contribution in [0.5, 0.6) is 11.5 Å². The Bertz CT molecular complexity index is 2240. The standard InChI is InChI=1S/C25H34N2O6S.C22H30N2O6S.C5H8O2/c1-15(28)8-13-19-16(2)21(31-14-17-9-11-18(30-7)12-10-17)20-22(32-19)34-23(26-20)27(6)24(29)33-25(3,4)5;1-13-16(11-25)29-19-17(18(13)28-12-14-7-9-15(27-6)10-8-14)23-20(31-19)24(5)21(26)30-22(2,3)4;1-3-5(6)7-4-2/h8-13,16,19-22H,14H2,1-7H3;7-11,13,16-19H,12H2,1-6H3;3H,1,4H2,2H3/b13-8+;;/t16-,19-,20-,21+,22-;13-,16-,17-,18+,19-;/m11./s1. The lowest BCUT2D eigenvalue weighted by Gasteiger charge is -2.40. The highest BCUT2D eigenvalue weighted by Gasteiger charge is 2.50. The number of nitrogens with zero attached hydrogens (tertiary/aromatic N) is 4. The summed E-state index contributed by atoms with van der Waals surface area (Å²) in [7, 11) is 6.51. The molecule has 0 radical (unpaired) electrons. The molecule has 2 aromatic carbocycles. The van der Waals surface area contributed by atoms with Crippen molar-refractivity contribution in [3.8, 4) is 11.5 Å². The number of hydrogen-bond acceptors (Lipinski definition) is 18. The Labute approximate surface area is 432 Å². The highest BCUT2D eigenvalue weighted by Crippen LogP contribution is 2.43. The maximum atomic E-state index is 12.6. The molecule has 0 saturated carbocycles. The summed E-state index contributed by atoms with van der Waals surface area (Å²) in [6.07, 6.45) is 2.74. The largest absolute Gasteiger partial charge is 0.497 e. The van der Waals surface area contributed by atoms with Crippen LogP contribution < -0.4 is 9.47 Å². The Kier molecular flexibility index (Phi) is 22.4. The summed E-state index contributed by atoms with van der Waals surface area (Å²) in [4.78, 5) is 70.5. The molecular weight excluding hydrogens is 969 g/mol. The zero-order valence-electron chi connectivity index (χ0n) is 43.9. The molecule has 4 aliphatic rings. The van der Waals surface area contributed by atoms with Crippen LogP contribution in [-0.2, 0) is 60.8 Å². The van der Waals surface area contributed by atoms with Crippen LogP contribution in [0, 0.1) is 11.8 Å². The number of methoxy groups -OCH3 is 2. The first kappa shape index (κ1) is 59.3. The molecule has 18 nitrogen and oxygen atoms in total. The van der Waals surface area contributed by atoms with Gasteiger partial charge in [0.05, 0.1) is 52.4 Å². The number of rotatable bonds is 13. The zero-order chi connectivity index (χ0) is 53.5. The lowest BCUT2D eigenvalue weighted by atomic mass is 9.89. The fraction of sp³-hybridized carbons (Fsp3) is 0.558. The van der Waals surface area contributed by atoms with Crippen LogP contribution in [0.2, 0.25) is 0 Å². The Balaban J connectivity index is 0.000000277. The van der Waals surface area contributed by atoms with Gasteiger partial charge in [-0.05, 0) is 96.9 Å². The number of amidine groups is 2. The number of ether oxygens (including phenoxy) is 9. The van der Waals surface area contributed by atoms with E-state index in [9.17, 15) is 24.0 Å². The monoisotopic (exact) mass is 1040 g/mol. The minimum Gasteiger partial charge on any atom is -0.497 e. The summed E-state index contributed by atoms with van der Waals surface area (Å²) >= 11 is 2.67. The third-order valence-electron chi connectivity index (χ3n) is 11.1. The molecule has 10 atom stereocenters. The van der Waals surface area contributed by atoms with Crippen LogP contribution in [0.25, 0.3) is 0 Å². The Morgan fingerprint density at radius 1 is 0.708 bits per heavy atom. The Morgan fingerprint density at radius 3 is 1.44 bits per heavy atom. The number of thioether (sulfide) groups is 2. The summed E-state index contributed by atoms with van der Waals surface area (Å²) in [5.74, 6) is 0.898. The number of carbonyl (C=O) groups excluding carboxylic acids is 5. The van der Waals surface area contributed by atoms with Crippen molar-refractivity contribution in [3.05, 3.63) is 84.5 Å². The average Bonchev–Trinajstić information content (AvgIpc) is 3.96. The molecule has 2 saturated heterocycles. The highest BCUT2D eigenvalue weighted by molar-refractivity contribution is 8.14. The molecule has 0 spiro atoms. The van der Waals surface area contributed by atoms with Crippen LogP contribution in [-0.4, -0.2) is 144 Å². The first-order chi connectivity index (χ1) is 33.9. The number of aliphatic imine (C=N–C) groups is 2. The molecule has 0 bridgehead atoms. The van der Waals surface area contributed by atoms with Gasteiger partial charge in [-0.25, -0.2) is 14.4 Å². The molecule has 396 valence electrons. The minimum atomic E-state index is -0.612. The van der Waals surface area contributed by atoms with Crippen molar-refractivity contribution in [2.45, 2.75) is 141 Å². The molecule has 2 aromatic rings. The Hall–Kier alpha value is -5.25. The molecular formula is C52H72N4O14S2. The number of amides is 2. The smallest absolute Gasteiger partial charge is 0.416 e. The van der Waals surface area contributed by atoms with Crippen molar-refractivity contribution in [3.63, 3.8) is 0 Å². The normalized spacial score (nSPS) is 25.3. The third kappa shape index (κ3) is 17.5. The van der Waals surface area contributed by atoms with E-state index in [1.54, 1.807) is 41.3 Å². The van der Waals surface area contributed by atoms with Gasteiger partial charge in [0, 0.05) is 32.0 Å². The number of allylic oxidation sites excluding steroid dienone is 1. The fourth-order valence-electron chi connectivity index (χ4n) is 7.30. The maximum Gasteiger partial charge on any atom is 0.416 e. The summed E-state index contributed by atoms with van der Waals surface area (Å²) in [6.45, 7) is 22.5. The van der Waals surface area contributed by atoms with E-state index in [4.69, 9.17) is 47.9 Å². The lowest BCUT2D eigenvalue weighted by Crippen LogP contribution is -2.51. The van der Waals surface area contributed by atoms with Gasteiger partial charge >= 0.3 is 18.2 Å². The summed E-state index contributed by atoms with van der Waals surface area (Å²) in [5.41, 5.74) is 0.0109. The Morgan fingerprint density at radius 2 is 1.11 bits per heavy atom. The van der Waals surface area contributed by atoms with Gasteiger partial charge in [0.25, 0.3) is 0 Å². The summed E-state index contributed by atoms with van der Waals surface area (Å²) < 4.78 is 50.6. The van der Waals surface area contributed by atoms with E-state index in [-0.39, 0.29) is 59.4 Å². The van der Waals surface area contributed by atoms with Gasteiger partial charge in [-0.15, -0.1) is 0 Å². The molecule has 20 heteroatoms. The molecule has 4 heterocycles. The number of benzene rings is 2.